The highest BCUT2D eigenvalue weighted by atomic mass is 32.2. The molecule has 0 aliphatic carbocycles. The normalized spacial score (nSPS) is 17.0. The van der Waals surface area contributed by atoms with Gasteiger partial charge in [0.05, 0.1) is 10.5 Å². The zero-order valence-electron chi connectivity index (χ0n) is 23.9. The maximum atomic E-state index is 12.9. The average Bonchev–Trinajstić information content (AvgIpc) is 2.95. The molecule has 3 aromatic rings. The molecule has 1 aliphatic rings. The predicted molar refractivity (Wildman–Crippen MR) is 160 cm³/mol. The smallest absolute Gasteiger partial charge is 0.240 e. The van der Waals surface area contributed by atoms with Crippen LogP contribution >= 0.6 is 0 Å². The van der Waals surface area contributed by atoms with Gasteiger partial charge in [-0.2, -0.15) is 0 Å². The third-order valence-electron chi connectivity index (χ3n) is 7.96. The molecule has 4 rings (SSSR count). The van der Waals surface area contributed by atoms with Crippen molar-refractivity contribution in [2.45, 2.75) is 57.0 Å². The standard InChI is InChI=1S/C32H43N3O4S/c1-31(2,3)30(36)33-19-17-32(37,28-11-5-4-6-12-28)18-22-35-20-15-25(16-21-35)24-34-40(38,39)29-14-13-26-9-7-8-10-27(26)23-29/h4-14,23,25,34,37H,15-22,24H2,1-3H3,(H,33,36). The van der Waals surface area contributed by atoms with Crippen molar-refractivity contribution in [2.24, 2.45) is 11.3 Å². The van der Waals surface area contributed by atoms with Crippen molar-refractivity contribution in [1.29, 1.82) is 0 Å². The molecule has 1 unspecified atom stereocenters. The lowest BCUT2D eigenvalue weighted by Crippen LogP contribution is -2.42. The van der Waals surface area contributed by atoms with Crippen LogP contribution in [-0.4, -0.2) is 57.1 Å². The monoisotopic (exact) mass is 565 g/mol. The molecule has 1 atom stereocenters. The van der Waals surface area contributed by atoms with Crippen LogP contribution in [0.3, 0.4) is 0 Å². The van der Waals surface area contributed by atoms with Crippen LogP contribution in [0.1, 0.15) is 52.0 Å². The van der Waals surface area contributed by atoms with Crippen LogP contribution in [0, 0.1) is 11.3 Å². The third kappa shape index (κ3) is 7.91. The van der Waals surface area contributed by atoms with E-state index in [2.05, 4.69) is 14.9 Å². The Labute approximate surface area is 239 Å². The summed E-state index contributed by atoms with van der Waals surface area (Å²) in [5, 5.41) is 16.6. The highest BCUT2D eigenvalue weighted by molar-refractivity contribution is 7.89. The number of piperidine rings is 1. The zero-order chi connectivity index (χ0) is 28.8. The van der Waals surface area contributed by atoms with Crippen LogP contribution in [0.25, 0.3) is 10.8 Å². The van der Waals surface area contributed by atoms with E-state index in [4.69, 9.17) is 0 Å². The minimum Gasteiger partial charge on any atom is -0.385 e. The van der Waals surface area contributed by atoms with Crippen molar-refractivity contribution in [2.75, 3.05) is 32.7 Å². The third-order valence-corrected chi connectivity index (χ3v) is 9.38. The maximum Gasteiger partial charge on any atom is 0.240 e. The maximum absolute atomic E-state index is 12.9. The van der Waals surface area contributed by atoms with Gasteiger partial charge in [-0.25, -0.2) is 13.1 Å². The number of benzene rings is 3. The van der Waals surface area contributed by atoms with Crippen LogP contribution in [0.15, 0.2) is 77.7 Å². The van der Waals surface area contributed by atoms with Gasteiger partial charge in [-0.3, -0.25) is 4.79 Å². The molecule has 1 heterocycles. The molecule has 1 fully saturated rings. The van der Waals surface area contributed by atoms with Crippen LogP contribution in [0.4, 0.5) is 0 Å². The SMILES string of the molecule is CC(C)(C)C(=O)NCCC(O)(CCN1CCC(CNS(=O)(=O)c2ccc3ccccc3c2)CC1)c1ccccc1. The number of nitrogens with one attached hydrogen (secondary N) is 2. The van der Waals surface area contributed by atoms with Crippen LogP contribution < -0.4 is 10.0 Å². The molecule has 0 radical (unpaired) electrons. The molecule has 0 spiro atoms. The molecule has 3 N–H and O–H groups in total. The second kappa shape index (κ2) is 12.8. The second-order valence-electron chi connectivity index (χ2n) is 12.0. The van der Waals surface area contributed by atoms with Crippen molar-refractivity contribution in [3.05, 3.63) is 78.4 Å². The number of fused-ring (bicyclic) bond motifs is 1. The van der Waals surface area contributed by atoms with Crippen molar-refractivity contribution in [1.82, 2.24) is 14.9 Å². The molecular formula is C32H43N3O4S. The first kappa shape index (κ1) is 30.2. The van der Waals surface area contributed by atoms with Crippen molar-refractivity contribution < 1.29 is 18.3 Å². The molecule has 216 valence electrons. The van der Waals surface area contributed by atoms with Gasteiger partial charge in [0.1, 0.15) is 0 Å². The van der Waals surface area contributed by atoms with Crippen molar-refractivity contribution in [3.63, 3.8) is 0 Å². The van der Waals surface area contributed by atoms with Crippen LogP contribution in [0.5, 0.6) is 0 Å². The van der Waals surface area contributed by atoms with E-state index in [1.54, 1.807) is 12.1 Å². The molecule has 7 nitrogen and oxygen atoms in total. The Hall–Kier alpha value is -2.78. The molecule has 1 amide bonds. The van der Waals surface area contributed by atoms with E-state index in [-0.39, 0.29) is 11.8 Å². The predicted octanol–water partition coefficient (Wildman–Crippen LogP) is 4.66. The van der Waals surface area contributed by atoms with Gasteiger partial charge in [0.25, 0.3) is 0 Å². The average molecular weight is 566 g/mol. The highest BCUT2D eigenvalue weighted by Gasteiger charge is 2.31. The fraction of sp³-hybridized carbons (Fsp3) is 0.469. The Balaban J connectivity index is 1.27. The molecule has 0 saturated carbocycles. The van der Waals surface area contributed by atoms with Gasteiger partial charge in [-0.05, 0) is 73.2 Å². The summed E-state index contributed by atoms with van der Waals surface area (Å²) in [6.07, 6.45) is 2.78. The number of hydrogen-bond donors (Lipinski definition) is 3. The zero-order valence-corrected chi connectivity index (χ0v) is 24.7. The minimum atomic E-state index is -3.58. The molecule has 1 aliphatic heterocycles. The Bertz CT molecular complexity index is 1380. The minimum absolute atomic E-state index is 0.0266. The van der Waals surface area contributed by atoms with E-state index < -0.39 is 21.0 Å². The van der Waals surface area contributed by atoms with Gasteiger partial charge in [-0.15, -0.1) is 0 Å². The number of hydrogen-bond acceptors (Lipinski definition) is 5. The largest absolute Gasteiger partial charge is 0.385 e. The van der Waals surface area contributed by atoms with Crippen molar-refractivity contribution >= 4 is 26.7 Å². The van der Waals surface area contributed by atoms with Gasteiger partial charge in [0.15, 0.2) is 0 Å². The van der Waals surface area contributed by atoms with E-state index in [9.17, 15) is 18.3 Å². The first-order valence-corrected chi connectivity index (χ1v) is 15.7. The van der Waals surface area contributed by atoms with Gasteiger partial charge in [0.2, 0.25) is 15.9 Å². The number of rotatable bonds is 11. The topological polar surface area (TPSA) is 98.7 Å². The summed E-state index contributed by atoms with van der Waals surface area (Å²) >= 11 is 0. The van der Waals surface area contributed by atoms with Crippen LogP contribution in [0.2, 0.25) is 0 Å². The molecule has 8 heteroatoms. The van der Waals surface area contributed by atoms with Crippen molar-refractivity contribution in [3.8, 4) is 0 Å². The number of likely N-dealkylation sites (tertiary alicyclic amines) is 1. The van der Waals surface area contributed by atoms with Gasteiger partial charge in [0, 0.05) is 25.0 Å². The summed E-state index contributed by atoms with van der Waals surface area (Å²) in [6.45, 7) is 8.90. The van der Waals surface area contributed by atoms with E-state index in [1.807, 2.05) is 81.4 Å². The lowest BCUT2D eigenvalue weighted by molar-refractivity contribution is -0.128. The molecule has 1 saturated heterocycles. The summed E-state index contributed by atoms with van der Waals surface area (Å²) < 4.78 is 28.7. The Morgan fingerprint density at radius 2 is 1.57 bits per heavy atom. The molecular weight excluding hydrogens is 522 g/mol. The lowest BCUT2D eigenvalue weighted by Gasteiger charge is -2.36. The summed E-state index contributed by atoms with van der Waals surface area (Å²) in [7, 11) is -3.58. The van der Waals surface area contributed by atoms with E-state index >= 15 is 0 Å². The molecule has 3 aromatic carbocycles. The molecule has 0 aromatic heterocycles. The number of amides is 1. The number of sulfonamides is 1. The number of carbonyl (C=O) groups is 1. The summed E-state index contributed by atoms with van der Waals surface area (Å²) in [6, 6.07) is 22.7. The van der Waals surface area contributed by atoms with Gasteiger partial charge in [-0.1, -0.05) is 81.4 Å². The first-order valence-electron chi connectivity index (χ1n) is 14.2. The highest BCUT2D eigenvalue weighted by Crippen LogP contribution is 2.30. The Morgan fingerprint density at radius 3 is 2.25 bits per heavy atom. The first-order chi connectivity index (χ1) is 19.0. The molecule has 40 heavy (non-hydrogen) atoms. The fourth-order valence-electron chi connectivity index (χ4n) is 5.21. The Morgan fingerprint density at radius 1 is 0.925 bits per heavy atom. The number of carbonyl (C=O) groups excluding carboxylic acids is 1. The summed E-state index contributed by atoms with van der Waals surface area (Å²) in [4.78, 5) is 15.0. The van der Waals surface area contributed by atoms with Gasteiger partial charge < -0.3 is 15.3 Å². The summed E-state index contributed by atoms with van der Waals surface area (Å²) in [5.74, 6) is 0.244. The lowest BCUT2D eigenvalue weighted by atomic mass is 9.86. The fourth-order valence-corrected chi connectivity index (χ4v) is 6.36. The number of aliphatic hydroxyl groups is 1. The van der Waals surface area contributed by atoms with E-state index in [1.165, 1.54) is 0 Å². The van der Waals surface area contributed by atoms with Crippen LogP contribution in [-0.2, 0) is 20.4 Å². The van der Waals surface area contributed by atoms with E-state index in [0.717, 1.165) is 48.8 Å². The number of nitrogens with zero attached hydrogens (tertiary/aromatic N) is 1. The quantitative estimate of drug-likeness (QED) is 0.314. The summed E-state index contributed by atoms with van der Waals surface area (Å²) in [5.41, 5.74) is -0.657. The Kier molecular flexibility index (Phi) is 9.67. The molecule has 0 bridgehead atoms. The second-order valence-corrected chi connectivity index (χ2v) is 13.8. The van der Waals surface area contributed by atoms with E-state index in [0.29, 0.717) is 30.8 Å². The van der Waals surface area contributed by atoms with Gasteiger partial charge >= 0.3 is 0 Å².